The molecule has 3 unspecified atom stereocenters. The third-order valence-corrected chi connectivity index (χ3v) is 4.22. The molecule has 16 heavy (non-hydrogen) atoms. The number of ether oxygens (including phenoxy) is 1. The van der Waals surface area contributed by atoms with E-state index in [1.54, 1.807) is 6.08 Å². The summed E-state index contributed by atoms with van der Waals surface area (Å²) in [5.74, 6) is -0.386. The van der Waals surface area contributed by atoms with E-state index in [9.17, 15) is 13.2 Å². The molecule has 0 saturated carbocycles. The molecule has 1 N–H and O–H groups in total. The molecule has 1 saturated heterocycles. The standard InChI is InChI=1S/C10H12O5S/c11-5-8-7-3-1-2-4-9(7)15-6-10(8)16(12,13)14/h1-2,4-5,7-8,10H,3,6H2,(H,12,13,14). The van der Waals surface area contributed by atoms with Crippen molar-refractivity contribution in [2.24, 2.45) is 11.8 Å². The highest BCUT2D eigenvalue weighted by Crippen LogP contribution is 2.36. The minimum Gasteiger partial charge on any atom is -0.496 e. The van der Waals surface area contributed by atoms with Crippen molar-refractivity contribution in [3.63, 3.8) is 0 Å². The Morgan fingerprint density at radius 3 is 2.88 bits per heavy atom. The molecule has 0 aromatic heterocycles. The fourth-order valence-corrected chi connectivity index (χ4v) is 3.04. The van der Waals surface area contributed by atoms with Gasteiger partial charge in [-0.05, 0) is 12.5 Å². The summed E-state index contributed by atoms with van der Waals surface area (Å²) in [6.45, 7) is -0.168. The summed E-state index contributed by atoms with van der Waals surface area (Å²) in [6, 6.07) is 0. The lowest BCUT2D eigenvalue weighted by molar-refractivity contribution is -0.114. The van der Waals surface area contributed by atoms with Crippen LogP contribution < -0.4 is 0 Å². The van der Waals surface area contributed by atoms with E-state index in [1.807, 2.05) is 12.2 Å². The van der Waals surface area contributed by atoms with Crippen LogP contribution in [0.5, 0.6) is 0 Å². The number of hydrogen-bond donors (Lipinski definition) is 1. The Balaban J connectivity index is 2.32. The largest absolute Gasteiger partial charge is 0.496 e. The zero-order valence-corrected chi connectivity index (χ0v) is 9.26. The van der Waals surface area contributed by atoms with E-state index in [4.69, 9.17) is 9.29 Å². The number of rotatable bonds is 2. The molecule has 6 heteroatoms. The van der Waals surface area contributed by atoms with Crippen molar-refractivity contribution < 1.29 is 22.5 Å². The molecule has 1 fully saturated rings. The number of allylic oxidation sites excluding steroid dienone is 4. The molecule has 0 aromatic carbocycles. The maximum atomic E-state index is 11.1. The molecular weight excluding hydrogens is 232 g/mol. The SMILES string of the molecule is O=CC1C2CC=CC=C2OCC1S(=O)(=O)O. The molecule has 0 amide bonds. The average Bonchev–Trinajstić information content (AvgIpc) is 2.26. The summed E-state index contributed by atoms with van der Waals surface area (Å²) in [5, 5.41) is -1.15. The molecular formula is C10H12O5S. The monoisotopic (exact) mass is 244 g/mol. The molecule has 88 valence electrons. The second-order valence-electron chi connectivity index (χ2n) is 3.92. The Bertz CT molecular complexity index is 448. The molecule has 2 rings (SSSR count). The van der Waals surface area contributed by atoms with Crippen molar-refractivity contribution in [1.29, 1.82) is 0 Å². The predicted octanol–water partition coefficient (Wildman–Crippen LogP) is 0.548. The Morgan fingerprint density at radius 2 is 2.25 bits per heavy atom. The lowest BCUT2D eigenvalue weighted by atomic mass is 9.82. The van der Waals surface area contributed by atoms with Gasteiger partial charge in [-0.1, -0.05) is 12.2 Å². The number of carbonyl (C=O) groups excluding carboxylic acids is 1. The zero-order valence-electron chi connectivity index (χ0n) is 8.44. The first-order chi connectivity index (χ1) is 7.54. The first-order valence-corrected chi connectivity index (χ1v) is 6.45. The van der Waals surface area contributed by atoms with Crippen LogP contribution in [0.1, 0.15) is 6.42 Å². The third-order valence-electron chi connectivity index (χ3n) is 3.00. The third kappa shape index (κ3) is 1.90. The van der Waals surface area contributed by atoms with Gasteiger partial charge < -0.3 is 9.53 Å². The molecule has 0 bridgehead atoms. The van der Waals surface area contributed by atoms with E-state index < -0.39 is 21.3 Å². The van der Waals surface area contributed by atoms with Gasteiger partial charge >= 0.3 is 0 Å². The molecule has 3 atom stereocenters. The van der Waals surface area contributed by atoms with Gasteiger partial charge in [0, 0.05) is 11.8 Å². The van der Waals surface area contributed by atoms with Crippen molar-refractivity contribution in [1.82, 2.24) is 0 Å². The number of aldehydes is 1. The fraction of sp³-hybridized carbons (Fsp3) is 0.500. The molecule has 1 aliphatic carbocycles. The highest BCUT2D eigenvalue weighted by Gasteiger charge is 2.43. The van der Waals surface area contributed by atoms with Crippen molar-refractivity contribution in [2.45, 2.75) is 11.7 Å². The normalized spacial score (nSPS) is 33.6. The van der Waals surface area contributed by atoms with Crippen LogP contribution in [0.3, 0.4) is 0 Å². The van der Waals surface area contributed by atoms with E-state index in [0.717, 1.165) is 0 Å². The van der Waals surface area contributed by atoms with Gasteiger partial charge in [0.05, 0.1) is 0 Å². The topological polar surface area (TPSA) is 80.7 Å². The van der Waals surface area contributed by atoms with E-state index >= 15 is 0 Å². The van der Waals surface area contributed by atoms with Crippen molar-refractivity contribution in [3.05, 3.63) is 24.0 Å². The highest BCUT2D eigenvalue weighted by atomic mass is 32.2. The van der Waals surface area contributed by atoms with Gasteiger partial charge in [-0.2, -0.15) is 8.42 Å². The summed E-state index contributed by atoms with van der Waals surface area (Å²) in [7, 11) is -4.25. The highest BCUT2D eigenvalue weighted by molar-refractivity contribution is 7.86. The van der Waals surface area contributed by atoms with Gasteiger partial charge in [-0.25, -0.2) is 0 Å². The van der Waals surface area contributed by atoms with E-state index in [1.165, 1.54) is 0 Å². The Hall–Kier alpha value is -1.14. The molecule has 0 spiro atoms. The smallest absolute Gasteiger partial charge is 0.271 e. The van der Waals surface area contributed by atoms with Crippen LogP contribution in [0.4, 0.5) is 0 Å². The summed E-state index contributed by atoms with van der Waals surface area (Å²) in [6.07, 6.45) is 6.53. The van der Waals surface area contributed by atoms with E-state index in [-0.39, 0.29) is 12.5 Å². The van der Waals surface area contributed by atoms with Gasteiger partial charge in [0.2, 0.25) is 0 Å². The first-order valence-electron chi connectivity index (χ1n) is 4.95. The molecule has 1 aliphatic heterocycles. The second kappa shape index (κ2) is 4.03. The van der Waals surface area contributed by atoms with Crippen LogP contribution in [0, 0.1) is 11.8 Å². The summed E-state index contributed by atoms with van der Waals surface area (Å²) in [4.78, 5) is 11.0. The van der Waals surface area contributed by atoms with Gasteiger partial charge in [0.25, 0.3) is 10.1 Å². The minimum absolute atomic E-state index is 0.168. The number of hydrogen-bond acceptors (Lipinski definition) is 4. The van der Waals surface area contributed by atoms with Gasteiger partial charge in [-0.15, -0.1) is 0 Å². The summed E-state index contributed by atoms with van der Waals surface area (Å²) < 4.78 is 36.5. The maximum Gasteiger partial charge on any atom is 0.271 e. The van der Waals surface area contributed by atoms with Gasteiger partial charge in [0.15, 0.2) is 0 Å². The van der Waals surface area contributed by atoms with Gasteiger partial charge in [0.1, 0.15) is 23.9 Å². The van der Waals surface area contributed by atoms with Crippen molar-refractivity contribution in [2.75, 3.05) is 6.61 Å². The molecule has 5 nitrogen and oxygen atoms in total. The lowest BCUT2D eigenvalue weighted by Gasteiger charge is -2.35. The van der Waals surface area contributed by atoms with Crippen molar-refractivity contribution in [3.8, 4) is 0 Å². The van der Waals surface area contributed by atoms with Crippen LogP contribution >= 0.6 is 0 Å². The Morgan fingerprint density at radius 1 is 1.50 bits per heavy atom. The predicted molar refractivity (Wildman–Crippen MR) is 56.2 cm³/mol. The first kappa shape index (κ1) is 11.3. The number of carbonyl (C=O) groups is 1. The zero-order chi connectivity index (χ0) is 11.8. The molecule has 2 aliphatic rings. The quantitative estimate of drug-likeness (QED) is 0.566. The van der Waals surface area contributed by atoms with Gasteiger partial charge in [-0.3, -0.25) is 4.55 Å². The van der Waals surface area contributed by atoms with Crippen LogP contribution in [-0.2, 0) is 19.6 Å². The number of fused-ring (bicyclic) bond motifs is 1. The Kier molecular flexibility index (Phi) is 2.86. The summed E-state index contributed by atoms with van der Waals surface area (Å²) >= 11 is 0. The molecule has 0 aromatic rings. The minimum atomic E-state index is -4.25. The Labute approximate surface area is 93.5 Å². The summed E-state index contributed by atoms with van der Waals surface area (Å²) in [5.41, 5.74) is 0. The van der Waals surface area contributed by atoms with Crippen LogP contribution in [-0.4, -0.2) is 31.1 Å². The van der Waals surface area contributed by atoms with Crippen LogP contribution in [0.15, 0.2) is 24.0 Å². The van der Waals surface area contributed by atoms with Crippen molar-refractivity contribution >= 4 is 16.4 Å². The van der Waals surface area contributed by atoms with E-state index in [0.29, 0.717) is 18.5 Å². The second-order valence-corrected chi connectivity index (χ2v) is 5.55. The van der Waals surface area contributed by atoms with Crippen LogP contribution in [0.2, 0.25) is 0 Å². The molecule has 0 radical (unpaired) electrons. The van der Waals surface area contributed by atoms with E-state index in [2.05, 4.69) is 0 Å². The average molecular weight is 244 g/mol. The molecule has 1 heterocycles. The van der Waals surface area contributed by atoms with Crippen LogP contribution in [0.25, 0.3) is 0 Å². The maximum absolute atomic E-state index is 11.1. The lowest BCUT2D eigenvalue weighted by Crippen LogP contribution is -2.44. The fourth-order valence-electron chi connectivity index (χ4n) is 2.15.